The molecule has 8 heteroatoms. The zero-order valence-corrected chi connectivity index (χ0v) is 17.5. The van der Waals surface area contributed by atoms with Crippen LogP contribution in [0.3, 0.4) is 0 Å². The Bertz CT molecular complexity index is 949. The minimum atomic E-state index is -0.248. The maximum Gasteiger partial charge on any atom is 0.276 e. The number of phenolic OH excluding ortho intramolecular Hbond substituents is 1. The van der Waals surface area contributed by atoms with Crippen LogP contribution in [-0.4, -0.2) is 27.6 Å². The summed E-state index contributed by atoms with van der Waals surface area (Å²) in [6, 6.07) is 10.7. The number of ether oxygens (including phenoxy) is 1. The molecule has 1 saturated heterocycles. The second kappa shape index (κ2) is 8.29. The van der Waals surface area contributed by atoms with Crippen molar-refractivity contribution in [2.75, 3.05) is 6.61 Å². The lowest BCUT2D eigenvalue weighted by Gasteiger charge is -2.14. The highest BCUT2D eigenvalue weighted by Gasteiger charge is 2.31. The van der Waals surface area contributed by atoms with Crippen molar-refractivity contribution in [3.05, 3.63) is 62.7 Å². The van der Waals surface area contributed by atoms with Crippen LogP contribution in [0.1, 0.15) is 18.1 Å². The Labute approximate surface area is 175 Å². The molecular weight excluding hydrogens is 452 g/mol. The Hall–Kier alpha value is -2.09. The van der Waals surface area contributed by atoms with Gasteiger partial charge in [0.25, 0.3) is 5.91 Å². The normalized spacial score (nSPS) is 15.4. The van der Waals surface area contributed by atoms with Crippen molar-refractivity contribution >= 4 is 56.8 Å². The SMILES string of the molecule is CCOc1cc(/C=C2\NC(=S)N(Cc3ccccc3Cl)C2=O)cc(Br)c1O. The van der Waals surface area contributed by atoms with E-state index in [9.17, 15) is 9.90 Å². The highest BCUT2D eigenvalue weighted by atomic mass is 79.9. The molecule has 140 valence electrons. The Morgan fingerprint density at radius 2 is 2.11 bits per heavy atom. The molecule has 0 aromatic heterocycles. The molecule has 5 nitrogen and oxygen atoms in total. The number of carbonyl (C=O) groups is 1. The number of nitrogens with one attached hydrogen (secondary N) is 1. The third-order valence-electron chi connectivity index (χ3n) is 3.91. The Kier molecular flexibility index (Phi) is 6.04. The predicted molar refractivity (Wildman–Crippen MR) is 113 cm³/mol. The van der Waals surface area contributed by atoms with E-state index in [4.69, 9.17) is 28.6 Å². The smallest absolute Gasteiger partial charge is 0.276 e. The second-order valence-electron chi connectivity index (χ2n) is 5.75. The number of rotatable bonds is 5. The van der Waals surface area contributed by atoms with Gasteiger partial charge in [0.15, 0.2) is 16.6 Å². The van der Waals surface area contributed by atoms with Gasteiger partial charge in [-0.05, 0) is 70.5 Å². The summed E-state index contributed by atoms with van der Waals surface area (Å²) in [6.45, 7) is 2.52. The summed E-state index contributed by atoms with van der Waals surface area (Å²) in [6.07, 6.45) is 1.66. The molecule has 1 fully saturated rings. The number of halogens is 2. The van der Waals surface area contributed by atoms with E-state index < -0.39 is 0 Å². The van der Waals surface area contributed by atoms with Crippen LogP contribution in [0.15, 0.2) is 46.6 Å². The highest BCUT2D eigenvalue weighted by Crippen LogP contribution is 2.36. The van der Waals surface area contributed by atoms with Gasteiger partial charge >= 0.3 is 0 Å². The zero-order chi connectivity index (χ0) is 19.6. The first kappa shape index (κ1) is 19.7. The summed E-state index contributed by atoms with van der Waals surface area (Å²) in [5.41, 5.74) is 1.83. The van der Waals surface area contributed by atoms with E-state index in [1.165, 1.54) is 4.90 Å². The van der Waals surface area contributed by atoms with Crippen LogP contribution in [-0.2, 0) is 11.3 Å². The molecule has 1 amide bonds. The molecule has 1 heterocycles. The zero-order valence-electron chi connectivity index (χ0n) is 14.3. The van der Waals surface area contributed by atoms with Gasteiger partial charge in [0.2, 0.25) is 0 Å². The summed E-state index contributed by atoms with van der Waals surface area (Å²) in [5, 5.41) is 13.9. The van der Waals surface area contributed by atoms with Crippen LogP contribution < -0.4 is 10.1 Å². The molecule has 27 heavy (non-hydrogen) atoms. The number of hydrogen-bond acceptors (Lipinski definition) is 4. The fraction of sp³-hybridized carbons (Fsp3) is 0.158. The fourth-order valence-electron chi connectivity index (χ4n) is 2.62. The minimum Gasteiger partial charge on any atom is -0.503 e. The Morgan fingerprint density at radius 1 is 1.37 bits per heavy atom. The van der Waals surface area contributed by atoms with Gasteiger partial charge in [-0.15, -0.1) is 0 Å². The topological polar surface area (TPSA) is 61.8 Å². The molecule has 2 aromatic carbocycles. The molecule has 0 spiro atoms. The lowest BCUT2D eigenvalue weighted by Crippen LogP contribution is -2.30. The van der Waals surface area contributed by atoms with E-state index in [1.807, 2.05) is 25.1 Å². The number of amides is 1. The summed E-state index contributed by atoms with van der Waals surface area (Å²) in [7, 11) is 0. The number of carbonyl (C=O) groups excluding carboxylic acids is 1. The van der Waals surface area contributed by atoms with Crippen LogP contribution >= 0.6 is 39.7 Å². The van der Waals surface area contributed by atoms with Gasteiger partial charge in [0.1, 0.15) is 5.70 Å². The minimum absolute atomic E-state index is 0.0144. The largest absolute Gasteiger partial charge is 0.503 e. The molecule has 0 unspecified atom stereocenters. The van der Waals surface area contributed by atoms with Crippen molar-refractivity contribution in [2.24, 2.45) is 0 Å². The van der Waals surface area contributed by atoms with Crippen LogP contribution in [0, 0.1) is 0 Å². The maximum atomic E-state index is 12.8. The molecule has 0 atom stereocenters. The number of hydrogen-bond donors (Lipinski definition) is 2. The van der Waals surface area contributed by atoms with E-state index in [2.05, 4.69) is 21.2 Å². The third-order valence-corrected chi connectivity index (χ3v) is 5.21. The molecule has 0 saturated carbocycles. The quantitative estimate of drug-likeness (QED) is 0.502. The van der Waals surface area contributed by atoms with Crippen LogP contribution in [0.25, 0.3) is 6.08 Å². The van der Waals surface area contributed by atoms with Crippen molar-refractivity contribution in [1.29, 1.82) is 0 Å². The van der Waals surface area contributed by atoms with Gasteiger partial charge in [0, 0.05) is 5.02 Å². The van der Waals surface area contributed by atoms with E-state index in [-0.39, 0.29) is 18.2 Å². The van der Waals surface area contributed by atoms with Gasteiger partial charge in [-0.3, -0.25) is 9.69 Å². The number of aromatic hydroxyl groups is 1. The standard InChI is InChI=1S/C19H16BrClN2O3S/c1-2-26-16-9-11(7-13(20)17(16)24)8-15-18(25)23(19(27)22-15)10-12-5-3-4-6-14(12)21/h3-9,24H,2,10H2,1H3,(H,22,27)/b15-8-. The van der Waals surface area contributed by atoms with Crippen molar-refractivity contribution in [3.8, 4) is 11.5 Å². The third kappa shape index (κ3) is 4.26. The van der Waals surface area contributed by atoms with Gasteiger partial charge < -0.3 is 15.2 Å². The maximum absolute atomic E-state index is 12.8. The highest BCUT2D eigenvalue weighted by molar-refractivity contribution is 9.10. The monoisotopic (exact) mass is 466 g/mol. The molecule has 0 aliphatic carbocycles. The average molecular weight is 468 g/mol. The summed E-state index contributed by atoms with van der Waals surface area (Å²) < 4.78 is 5.89. The number of nitrogens with zero attached hydrogens (tertiary/aromatic N) is 1. The van der Waals surface area contributed by atoms with Crippen molar-refractivity contribution in [3.63, 3.8) is 0 Å². The molecule has 1 aliphatic heterocycles. The first-order valence-corrected chi connectivity index (χ1v) is 9.72. The molecule has 0 bridgehead atoms. The molecule has 2 aromatic rings. The predicted octanol–water partition coefficient (Wildman–Crippen LogP) is 4.46. The van der Waals surface area contributed by atoms with E-state index in [0.29, 0.717) is 38.2 Å². The molecule has 3 rings (SSSR count). The lowest BCUT2D eigenvalue weighted by molar-refractivity contribution is -0.122. The lowest BCUT2D eigenvalue weighted by atomic mass is 10.1. The van der Waals surface area contributed by atoms with Gasteiger partial charge in [-0.1, -0.05) is 29.8 Å². The summed E-state index contributed by atoms with van der Waals surface area (Å²) >= 11 is 14.8. The first-order valence-electron chi connectivity index (χ1n) is 8.14. The fourth-order valence-corrected chi connectivity index (χ4v) is 3.53. The van der Waals surface area contributed by atoms with Crippen LogP contribution in [0.4, 0.5) is 0 Å². The van der Waals surface area contributed by atoms with Gasteiger partial charge in [0.05, 0.1) is 17.6 Å². The van der Waals surface area contributed by atoms with E-state index in [0.717, 1.165) is 5.56 Å². The van der Waals surface area contributed by atoms with Crippen molar-refractivity contribution < 1.29 is 14.6 Å². The van der Waals surface area contributed by atoms with Crippen LogP contribution in [0.5, 0.6) is 11.5 Å². The Morgan fingerprint density at radius 3 is 2.81 bits per heavy atom. The van der Waals surface area contributed by atoms with Crippen LogP contribution in [0.2, 0.25) is 5.02 Å². The van der Waals surface area contributed by atoms with Gasteiger partial charge in [-0.25, -0.2) is 0 Å². The molecule has 1 aliphatic rings. The first-order chi connectivity index (χ1) is 12.9. The summed E-state index contributed by atoms with van der Waals surface area (Å²) in [5.74, 6) is 0.0994. The molecule has 2 N–H and O–H groups in total. The molecule has 0 radical (unpaired) electrons. The van der Waals surface area contributed by atoms with Gasteiger partial charge in [-0.2, -0.15) is 0 Å². The Balaban J connectivity index is 1.87. The van der Waals surface area contributed by atoms with Crippen molar-refractivity contribution in [2.45, 2.75) is 13.5 Å². The number of benzene rings is 2. The van der Waals surface area contributed by atoms with E-state index >= 15 is 0 Å². The summed E-state index contributed by atoms with van der Waals surface area (Å²) in [4.78, 5) is 14.2. The van der Waals surface area contributed by atoms with Crippen molar-refractivity contribution in [1.82, 2.24) is 10.2 Å². The number of thiocarbonyl (C=S) groups is 1. The average Bonchev–Trinajstić information content (AvgIpc) is 2.88. The van der Waals surface area contributed by atoms with E-state index in [1.54, 1.807) is 24.3 Å². The second-order valence-corrected chi connectivity index (χ2v) is 7.40. The number of phenols is 1. The molecular formula is C19H16BrClN2O3S.